The van der Waals surface area contributed by atoms with Gasteiger partial charge in [0.1, 0.15) is 13.2 Å². The van der Waals surface area contributed by atoms with Crippen LogP contribution in [0.15, 0.2) is 53.5 Å². The van der Waals surface area contributed by atoms with Crippen LogP contribution in [0.4, 0.5) is 0 Å². The highest BCUT2D eigenvalue weighted by atomic mass is 16.6. The number of nitrogens with zero attached hydrogens (tertiary/aromatic N) is 3. The van der Waals surface area contributed by atoms with E-state index in [1.165, 1.54) is 5.56 Å². The first kappa shape index (κ1) is 15.9. The Hall–Kier alpha value is -3.35. The number of fused-ring (bicyclic) bond motifs is 4. The fraction of sp³-hybridized carbons (Fsp3) is 0.250. The minimum atomic E-state index is -0.299. The fourth-order valence-corrected chi connectivity index (χ4v) is 3.44. The summed E-state index contributed by atoms with van der Waals surface area (Å²) in [5, 5.41) is 0. The molecule has 5 rings (SSSR count). The molecule has 7 heteroatoms. The molecule has 136 valence electrons. The van der Waals surface area contributed by atoms with Crippen molar-refractivity contribution in [3.05, 3.63) is 64.7 Å². The van der Waals surface area contributed by atoms with Crippen molar-refractivity contribution in [2.75, 3.05) is 13.2 Å². The van der Waals surface area contributed by atoms with Crippen LogP contribution in [-0.2, 0) is 13.0 Å². The first-order valence-corrected chi connectivity index (χ1v) is 8.85. The molecule has 1 atom stereocenters. The molecular weight excluding hydrogens is 346 g/mol. The predicted molar refractivity (Wildman–Crippen MR) is 97.3 cm³/mol. The third kappa shape index (κ3) is 2.91. The molecule has 2 aliphatic rings. The molecule has 2 aliphatic heterocycles. The summed E-state index contributed by atoms with van der Waals surface area (Å²) in [6, 6.07) is 13.5. The third-order valence-electron chi connectivity index (χ3n) is 4.74. The zero-order chi connectivity index (χ0) is 18.2. The van der Waals surface area contributed by atoms with E-state index in [2.05, 4.69) is 16.0 Å². The molecular formula is C20H17N3O4. The van der Waals surface area contributed by atoms with Gasteiger partial charge in [-0.05, 0) is 24.1 Å². The van der Waals surface area contributed by atoms with Gasteiger partial charge in [-0.2, -0.15) is 4.98 Å². The van der Waals surface area contributed by atoms with Gasteiger partial charge in [0, 0.05) is 24.4 Å². The van der Waals surface area contributed by atoms with E-state index in [0.29, 0.717) is 30.7 Å². The summed E-state index contributed by atoms with van der Waals surface area (Å²) in [6.45, 7) is 1.18. The molecule has 7 nitrogen and oxygen atoms in total. The lowest BCUT2D eigenvalue weighted by Gasteiger charge is -2.25. The number of rotatable bonds is 3. The molecule has 0 spiro atoms. The van der Waals surface area contributed by atoms with Crippen LogP contribution in [0, 0.1) is 0 Å². The summed E-state index contributed by atoms with van der Waals surface area (Å²) >= 11 is 0. The summed E-state index contributed by atoms with van der Waals surface area (Å²) < 4.78 is 18.9. The SMILES string of the molecule is O=c1nc(OCC2COc3ncccc3O2)cc2n1CCc1ccccc1-2. The average Bonchev–Trinajstić information content (AvgIpc) is 2.72. The number of pyridine rings is 1. The van der Waals surface area contributed by atoms with Crippen LogP contribution in [0.1, 0.15) is 5.56 Å². The van der Waals surface area contributed by atoms with E-state index in [0.717, 1.165) is 17.7 Å². The largest absolute Gasteiger partial charge is 0.478 e. The van der Waals surface area contributed by atoms with Gasteiger partial charge in [0.05, 0.1) is 5.69 Å². The van der Waals surface area contributed by atoms with Crippen molar-refractivity contribution in [2.24, 2.45) is 0 Å². The van der Waals surface area contributed by atoms with Gasteiger partial charge < -0.3 is 14.2 Å². The number of aryl methyl sites for hydroxylation is 1. The quantitative estimate of drug-likeness (QED) is 0.709. The van der Waals surface area contributed by atoms with Crippen molar-refractivity contribution in [1.29, 1.82) is 0 Å². The smallest absolute Gasteiger partial charge is 0.351 e. The molecule has 4 heterocycles. The Kier molecular flexibility index (Phi) is 3.78. The second-order valence-electron chi connectivity index (χ2n) is 6.49. The minimum Gasteiger partial charge on any atom is -0.478 e. The first-order valence-electron chi connectivity index (χ1n) is 8.85. The standard InChI is InChI=1S/C20H17N3O4/c24-20-22-18(10-16-15-5-2-1-4-13(15)7-9-23(16)20)25-11-14-12-26-19-17(27-14)6-3-8-21-19/h1-6,8,10,14H,7,9,11-12H2. The Morgan fingerprint density at radius 3 is 3.11 bits per heavy atom. The monoisotopic (exact) mass is 363 g/mol. The molecule has 2 aromatic heterocycles. The highest BCUT2D eigenvalue weighted by Crippen LogP contribution is 2.30. The van der Waals surface area contributed by atoms with E-state index in [9.17, 15) is 4.79 Å². The van der Waals surface area contributed by atoms with Gasteiger partial charge in [-0.25, -0.2) is 9.78 Å². The zero-order valence-corrected chi connectivity index (χ0v) is 14.5. The Morgan fingerprint density at radius 1 is 1.22 bits per heavy atom. The van der Waals surface area contributed by atoms with E-state index in [1.807, 2.05) is 24.3 Å². The van der Waals surface area contributed by atoms with Crippen LogP contribution in [0.25, 0.3) is 11.3 Å². The summed E-state index contributed by atoms with van der Waals surface area (Å²) in [5.41, 5.74) is 2.81. The number of benzene rings is 1. The minimum absolute atomic E-state index is 0.228. The number of hydrogen-bond donors (Lipinski definition) is 0. The van der Waals surface area contributed by atoms with Crippen LogP contribution in [0.3, 0.4) is 0 Å². The third-order valence-corrected chi connectivity index (χ3v) is 4.74. The maximum Gasteiger partial charge on any atom is 0.351 e. The maximum atomic E-state index is 12.4. The van der Waals surface area contributed by atoms with Crippen molar-refractivity contribution in [1.82, 2.24) is 14.5 Å². The van der Waals surface area contributed by atoms with Gasteiger partial charge >= 0.3 is 5.69 Å². The fourth-order valence-electron chi connectivity index (χ4n) is 3.44. The van der Waals surface area contributed by atoms with Crippen molar-refractivity contribution >= 4 is 0 Å². The van der Waals surface area contributed by atoms with E-state index < -0.39 is 0 Å². The van der Waals surface area contributed by atoms with Gasteiger partial charge in [0.15, 0.2) is 11.9 Å². The Balaban J connectivity index is 1.37. The van der Waals surface area contributed by atoms with Gasteiger partial charge in [0.25, 0.3) is 5.88 Å². The van der Waals surface area contributed by atoms with E-state index >= 15 is 0 Å². The van der Waals surface area contributed by atoms with Crippen molar-refractivity contribution in [3.8, 4) is 28.8 Å². The highest BCUT2D eigenvalue weighted by Gasteiger charge is 2.23. The molecule has 0 radical (unpaired) electrons. The van der Waals surface area contributed by atoms with Gasteiger partial charge in [0.2, 0.25) is 5.88 Å². The molecule has 0 amide bonds. The number of hydrogen-bond acceptors (Lipinski definition) is 6. The summed E-state index contributed by atoms with van der Waals surface area (Å²) in [6.07, 6.45) is 2.18. The molecule has 0 saturated heterocycles. The van der Waals surface area contributed by atoms with Crippen LogP contribution in [-0.4, -0.2) is 33.9 Å². The maximum absolute atomic E-state index is 12.4. The topological polar surface area (TPSA) is 75.5 Å². The number of aromatic nitrogens is 3. The first-order chi connectivity index (χ1) is 13.3. The number of ether oxygens (including phenoxy) is 3. The van der Waals surface area contributed by atoms with Gasteiger partial charge in [-0.1, -0.05) is 24.3 Å². The van der Waals surface area contributed by atoms with Crippen LogP contribution in [0.2, 0.25) is 0 Å². The molecule has 27 heavy (non-hydrogen) atoms. The van der Waals surface area contributed by atoms with Crippen LogP contribution in [0.5, 0.6) is 17.5 Å². The van der Waals surface area contributed by atoms with Crippen molar-refractivity contribution in [3.63, 3.8) is 0 Å². The Bertz CT molecular complexity index is 1060. The van der Waals surface area contributed by atoms with Crippen molar-refractivity contribution in [2.45, 2.75) is 19.1 Å². The Morgan fingerprint density at radius 2 is 2.15 bits per heavy atom. The van der Waals surface area contributed by atoms with Gasteiger partial charge in [-0.3, -0.25) is 4.57 Å². The zero-order valence-electron chi connectivity index (χ0n) is 14.5. The molecule has 0 N–H and O–H groups in total. The van der Waals surface area contributed by atoms with E-state index in [-0.39, 0.29) is 18.4 Å². The van der Waals surface area contributed by atoms with Crippen molar-refractivity contribution < 1.29 is 14.2 Å². The lowest BCUT2D eigenvalue weighted by Crippen LogP contribution is -2.35. The van der Waals surface area contributed by atoms with Crippen LogP contribution < -0.4 is 19.9 Å². The normalized spacial score (nSPS) is 17.0. The highest BCUT2D eigenvalue weighted by molar-refractivity contribution is 5.66. The Labute approximate surface area is 155 Å². The van der Waals surface area contributed by atoms with Crippen LogP contribution >= 0.6 is 0 Å². The molecule has 0 bridgehead atoms. The average molecular weight is 363 g/mol. The lowest BCUT2D eigenvalue weighted by atomic mass is 9.98. The lowest BCUT2D eigenvalue weighted by molar-refractivity contribution is 0.0486. The van der Waals surface area contributed by atoms with E-state index in [4.69, 9.17) is 14.2 Å². The molecule has 3 aromatic rings. The molecule has 0 saturated carbocycles. The second-order valence-corrected chi connectivity index (χ2v) is 6.49. The second kappa shape index (κ2) is 6.42. The molecule has 0 fully saturated rings. The predicted octanol–water partition coefficient (Wildman–Crippen LogP) is 2.08. The summed E-state index contributed by atoms with van der Waals surface area (Å²) in [4.78, 5) is 20.6. The summed E-state index contributed by atoms with van der Waals surface area (Å²) in [7, 11) is 0. The van der Waals surface area contributed by atoms with E-state index in [1.54, 1.807) is 22.9 Å². The molecule has 0 aliphatic carbocycles. The molecule has 1 aromatic carbocycles. The summed E-state index contributed by atoms with van der Waals surface area (Å²) in [5.74, 6) is 1.36. The van der Waals surface area contributed by atoms with Gasteiger partial charge in [-0.15, -0.1) is 0 Å². The molecule has 1 unspecified atom stereocenters.